The molecule has 0 aliphatic carbocycles. The molecule has 0 spiro atoms. The fourth-order valence-corrected chi connectivity index (χ4v) is 2.44. The standard InChI is InChI=1S/C14H31N3/c1-4-6-14(2)13-15-7-5-8-17-11-9-16(3)10-12-17/h14-15H,4-13H2,1-3H3. The first-order valence-corrected chi connectivity index (χ1v) is 7.34. The van der Waals surface area contributed by atoms with E-state index in [9.17, 15) is 0 Å². The third-order valence-corrected chi connectivity index (χ3v) is 3.70. The Morgan fingerprint density at radius 2 is 1.88 bits per heavy atom. The molecule has 0 aromatic carbocycles. The third-order valence-electron chi connectivity index (χ3n) is 3.70. The Kier molecular flexibility index (Phi) is 7.82. The molecule has 0 amide bonds. The van der Waals surface area contributed by atoms with Crippen LogP contribution < -0.4 is 5.32 Å². The summed E-state index contributed by atoms with van der Waals surface area (Å²) in [7, 11) is 2.22. The van der Waals surface area contributed by atoms with E-state index >= 15 is 0 Å². The quantitative estimate of drug-likeness (QED) is 0.652. The van der Waals surface area contributed by atoms with Gasteiger partial charge >= 0.3 is 0 Å². The summed E-state index contributed by atoms with van der Waals surface area (Å²) in [4.78, 5) is 5.01. The molecule has 1 heterocycles. The molecule has 1 aliphatic heterocycles. The molecule has 0 aromatic heterocycles. The van der Waals surface area contributed by atoms with Gasteiger partial charge in [-0.05, 0) is 45.4 Å². The van der Waals surface area contributed by atoms with E-state index in [0.717, 1.165) is 5.92 Å². The minimum atomic E-state index is 0.837. The van der Waals surface area contributed by atoms with Gasteiger partial charge < -0.3 is 15.1 Å². The van der Waals surface area contributed by atoms with Gasteiger partial charge in [-0.2, -0.15) is 0 Å². The van der Waals surface area contributed by atoms with Crippen LogP contribution in [-0.2, 0) is 0 Å². The van der Waals surface area contributed by atoms with Crippen molar-refractivity contribution in [2.45, 2.75) is 33.1 Å². The monoisotopic (exact) mass is 241 g/mol. The van der Waals surface area contributed by atoms with Crippen molar-refractivity contribution >= 4 is 0 Å². The Labute approximate surface area is 108 Å². The Morgan fingerprint density at radius 3 is 2.53 bits per heavy atom. The average molecular weight is 241 g/mol. The highest BCUT2D eigenvalue weighted by Crippen LogP contribution is 2.03. The molecule has 3 nitrogen and oxygen atoms in total. The molecule has 102 valence electrons. The first kappa shape index (κ1) is 14.9. The van der Waals surface area contributed by atoms with Gasteiger partial charge in [0.2, 0.25) is 0 Å². The van der Waals surface area contributed by atoms with Crippen molar-refractivity contribution < 1.29 is 0 Å². The average Bonchev–Trinajstić information content (AvgIpc) is 2.31. The lowest BCUT2D eigenvalue weighted by Gasteiger charge is -2.32. The van der Waals surface area contributed by atoms with Crippen molar-refractivity contribution in [1.82, 2.24) is 15.1 Å². The second-order valence-corrected chi connectivity index (χ2v) is 5.60. The summed E-state index contributed by atoms with van der Waals surface area (Å²) in [5.41, 5.74) is 0. The van der Waals surface area contributed by atoms with Gasteiger partial charge in [0, 0.05) is 26.2 Å². The van der Waals surface area contributed by atoms with Crippen molar-refractivity contribution in [2.24, 2.45) is 5.92 Å². The molecule has 1 fully saturated rings. The van der Waals surface area contributed by atoms with Gasteiger partial charge in [0.25, 0.3) is 0 Å². The molecule has 1 unspecified atom stereocenters. The van der Waals surface area contributed by atoms with Crippen LogP contribution in [-0.4, -0.2) is 62.7 Å². The summed E-state index contributed by atoms with van der Waals surface area (Å²) in [6.45, 7) is 13.2. The van der Waals surface area contributed by atoms with E-state index in [1.54, 1.807) is 0 Å². The maximum Gasteiger partial charge on any atom is 0.0110 e. The summed E-state index contributed by atoms with van der Waals surface area (Å²) >= 11 is 0. The number of piperazine rings is 1. The molecule has 0 radical (unpaired) electrons. The van der Waals surface area contributed by atoms with E-state index < -0.39 is 0 Å². The maximum atomic E-state index is 3.58. The normalized spacial score (nSPS) is 20.6. The van der Waals surface area contributed by atoms with E-state index in [1.807, 2.05) is 0 Å². The summed E-state index contributed by atoms with van der Waals surface area (Å²) in [5, 5.41) is 3.58. The fraction of sp³-hybridized carbons (Fsp3) is 1.00. The number of rotatable bonds is 8. The highest BCUT2D eigenvalue weighted by atomic mass is 15.2. The minimum absolute atomic E-state index is 0.837. The molecule has 1 N–H and O–H groups in total. The number of hydrogen-bond acceptors (Lipinski definition) is 3. The fourth-order valence-electron chi connectivity index (χ4n) is 2.44. The highest BCUT2D eigenvalue weighted by molar-refractivity contribution is 4.69. The number of hydrogen-bond donors (Lipinski definition) is 1. The van der Waals surface area contributed by atoms with Crippen LogP contribution in [0.3, 0.4) is 0 Å². The molecule has 1 rings (SSSR count). The van der Waals surface area contributed by atoms with Crippen molar-refractivity contribution in [3.05, 3.63) is 0 Å². The minimum Gasteiger partial charge on any atom is -0.316 e. The highest BCUT2D eigenvalue weighted by Gasteiger charge is 2.12. The second-order valence-electron chi connectivity index (χ2n) is 5.60. The van der Waals surface area contributed by atoms with Crippen LogP contribution in [0.15, 0.2) is 0 Å². The molecule has 0 saturated carbocycles. The topological polar surface area (TPSA) is 18.5 Å². The molecule has 1 atom stereocenters. The molecule has 0 bridgehead atoms. The first-order valence-electron chi connectivity index (χ1n) is 7.34. The molecule has 0 aromatic rings. The number of nitrogens with zero attached hydrogens (tertiary/aromatic N) is 2. The van der Waals surface area contributed by atoms with E-state index in [2.05, 4.69) is 36.0 Å². The summed E-state index contributed by atoms with van der Waals surface area (Å²) in [5.74, 6) is 0.837. The van der Waals surface area contributed by atoms with Gasteiger partial charge in [-0.1, -0.05) is 20.3 Å². The predicted octanol–water partition coefficient (Wildman–Crippen LogP) is 1.65. The third kappa shape index (κ3) is 7.02. The van der Waals surface area contributed by atoms with Gasteiger partial charge in [0.05, 0.1) is 0 Å². The van der Waals surface area contributed by atoms with Gasteiger partial charge in [0.15, 0.2) is 0 Å². The van der Waals surface area contributed by atoms with Crippen LogP contribution in [0, 0.1) is 5.92 Å². The lowest BCUT2D eigenvalue weighted by atomic mass is 10.1. The molecule has 1 saturated heterocycles. The molecule has 3 heteroatoms. The predicted molar refractivity (Wildman–Crippen MR) is 75.5 cm³/mol. The van der Waals surface area contributed by atoms with Gasteiger partial charge in [-0.3, -0.25) is 0 Å². The van der Waals surface area contributed by atoms with Gasteiger partial charge in [-0.15, -0.1) is 0 Å². The van der Waals surface area contributed by atoms with Crippen LogP contribution in [0.25, 0.3) is 0 Å². The zero-order valence-corrected chi connectivity index (χ0v) is 12.0. The zero-order chi connectivity index (χ0) is 12.5. The van der Waals surface area contributed by atoms with Crippen molar-refractivity contribution in [3.8, 4) is 0 Å². The van der Waals surface area contributed by atoms with Gasteiger partial charge in [-0.25, -0.2) is 0 Å². The van der Waals surface area contributed by atoms with E-state index in [0.29, 0.717) is 0 Å². The number of likely N-dealkylation sites (N-methyl/N-ethyl adjacent to an activating group) is 1. The van der Waals surface area contributed by atoms with Crippen molar-refractivity contribution in [3.63, 3.8) is 0 Å². The summed E-state index contributed by atoms with van der Waals surface area (Å²) in [6.07, 6.45) is 3.96. The van der Waals surface area contributed by atoms with E-state index in [4.69, 9.17) is 0 Å². The zero-order valence-electron chi connectivity index (χ0n) is 12.0. The van der Waals surface area contributed by atoms with Crippen LogP contribution in [0.5, 0.6) is 0 Å². The lowest BCUT2D eigenvalue weighted by Crippen LogP contribution is -2.45. The first-order chi connectivity index (χ1) is 8.22. The van der Waals surface area contributed by atoms with Crippen LogP contribution >= 0.6 is 0 Å². The Bertz CT molecular complexity index is 176. The molecule has 1 aliphatic rings. The smallest absolute Gasteiger partial charge is 0.0110 e. The Balaban J connectivity index is 1.90. The van der Waals surface area contributed by atoms with E-state index in [1.165, 1.54) is 65.1 Å². The van der Waals surface area contributed by atoms with Crippen LogP contribution in [0.2, 0.25) is 0 Å². The SMILES string of the molecule is CCCC(C)CNCCCN1CCN(C)CC1. The summed E-state index contributed by atoms with van der Waals surface area (Å²) < 4.78 is 0. The maximum absolute atomic E-state index is 3.58. The molecular weight excluding hydrogens is 210 g/mol. The Hall–Kier alpha value is -0.120. The Morgan fingerprint density at radius 1 is 1.18 bits per heavy atom. The number of nitrogens with one attached hydrogen (secondary N) is 1. The second kappa shape index (κ2) is 8.90. The largest absolute Gasteiger partial charge is 0.316 e. The van der Waals surface area contributed by atoms with E-state index in [-0.39, 0.29) is 0 Å². The molecular formula is C14H31N3. The summed E-state index contributed by atoms with van der Waals surface area (Å²) in [6, 6.07) is 0. The van der Waals surface area contributed by atoms with Crippen LogP contribution in [0.1, 0.15) is 33.1 Å². The van der Waals surface area contributed by atoms with Gasteiger partial charge in [0.1, 0.15) is 0 Å². The van der Waals surface area contributed by atoms with Crippen molar-refractivity contribution in [1.29, 1.82) is 0 Å². The lowest BCUT2D eigenvalue weighted by molar-refractivity contribution is 0.152. The molecule has 17 heavy (non-hydrogen) atoms. The van der Waals surface area contributed by atoms with Crippen molar-refractivity contribution in [2.75, 3.05) is 52.9 Å². The van der Waals surface area contributed by atoms with Crippen LogP contribution in [0.4, 0.5) is 0 Å².